The number of fused-ring (bicyclic) bond motifs is 1. The second-order valence-electron chi connectivity index (χ2n) is 5.47. The van der Waals surface area contributed by atoms with Crippen LogP contribution in [-0.2, 0) is 11.8 Å². The molecule has 1 fully saturated rings. The molecular weight excluding hydrogens is 212 g/mol. The van der Waals surface area contributed by atoms with Crippen LogP contribution in [0.4, 0.5) is 5.69 Å². The van der Waals surface area contributed by atoms with Crippen molar-refractivity contribution in [1.82, 2.24) is 0 Å². The highest BCUT2D eigenvalue weighted by molar-refractivity contribution is 5.64. The van der Waals surface area contributed by atoms with E-state index in [9.17, 15) is 5.11 Å². The van der Waals surface area contributed by atoms with Gasteiger partial charge in [-0.05, 0) is 31.7 Å². The van der Waals surface area contributed by atoms with Gasteiger partial charge in [0.2, 0.25) is 0 Å². The van der Waals surface area contributed by atoms with Crippen LogP contribution >= 0.6 is 0 Å². The lowest BCUT2D eigenvalue weighted by atomic mass is 9.89. The normalized spacial score (nSPS) is 21.2. The first-order chi connectivity index (χ1) is 8.18. The fraction of sp³-hybridized carbons (Fsp3) is 0.571. The van der Waals surface area contributed by atoms with Crippen molar-refractivity contribution in [3.63, 3.8) is 0 Å². The summed E-state index contributed by atoms with van der Waals surface area (Å²) < 4.78 is 0. The number of hydrogen-bond acceptors (Lipinski definition) is 3. The third-order valence-electron chi connectivity index (χ3n) is 4.41. The zero-order valence-electron chi connectivity index (χ0n) is 10.4. The molecule has 3 heteroatoms. The summed E-state index contributed by atoms with van der Waals surface area (Å²) in [5, 5.41) is 10.5. The van der Waals surface area contributed by atoms with Crippen LogP contribution in [0.15, 0.2) is 12.1 Å². The zero-order valence-corrected chi connectivity index (χ0v) is 10.4. The molecule has 1 aromatic carbocycles. The Labute approximate surface area is 102 Å². The molecule has 0 amide bonds. The van der Waals surface area contributed by atoms with E-state index in [1.165, 1.54) is 5.69 Å². The Morgan fingerprint density at radius 3 is 2.82 bits per heavy atom. The highest BCUT2D eigenvalue weighted by atomic mass is 16.3. The van der Waals surface area contributed by atoms with E-state index in [0.29, 0.717) is 12.3 Å². The topological polar surface area (TPSA) is 49.5 Å². The van der Waals surface area contributed by atoms with Gasteiger partial charge in [-0.3, -0.25) is 0 Å². The van der Waals surface area contributed by atoms with Crippen molar-refractivity contribution in [3.05, 3.63) is 23.3 Å². The summed E-state index contributed by atoms with van der Waals surface area (Å²) in [6.45, 7) is 1.73. The van der Waals surface area contributed by atoms with Crippen LogP contribution in [0.3, 0.4) is 0 Å². The van der Waals surface area contributed by atoms with Crippen LogP contribution in [0.25, 0.3) is 0 Å². The number of rotatable bonds is 2. The van der Waals surface area contributed by atoms with Crippen LogP contribution in [0.1, 0.15) is 30.4 Å². The maximum Gasteiger partial charge on any atom is 0.124 e. The first kappa shape index (κ1) is 10.9. The molecule has 0 radical (unpaired) electrons. The van der Waals surface area contributed by atoms with E-state index in [-0.39, 0.29) is 5.41 Å². The zero-order chi connectivity index (χ0) is 12.0. The Bertz CT molecular complexity index is 452. The van der Waals surface area contributed by atoms with Gasteiger partial charge >= 0.3 is 0 Å². The van der Waals surface area contributed by atoms with Gasteiger partial charge in [-0.15, -0.1) is 0 Å². The molecule has 1 saturated carbocycles. The monoisotopic (exact) mass is 232 g/mol. The number of nitrogens with two attached hydrogens (primary N) is 1. The van der Waals surface area contributed by atoms with E-state index in [1.807, 2.05) is 0 Å². The first-order valence-corrected chi connectivity index (χ1v) is 6.44. The summed E-state index contributed by atoms with van der Waals surface area (Å²) in [6, 6.07) is 4.23. The number of nitrogens with zero attached hydrogens (tertiary/aromatic N) is 1. The third-order valence-corrected chi connectivity index (χ3v) is 4.41. The van der Waals surface area contributed by atoms with Crippen LogP contribution in [-0.4, -0.2) is 25.2 Å². The second kappa shape index (κ2) is 3.64. The Morgan fingerprint density at radius 2 is 2.18 bits per heavy atom. The molecule has 3 N–H and O–H groups in total. The number of phenolic OH excluding ortho intramolecular Hbond substituents is 1. The predicted molar refractivity (Wildman–Crippen MR) is 69.7 cm³/mol. The van der Waals surface area contributed by atoms with Crippen molar-refractivity contribution in [1.29, 1.82) is 0 Å². The smallest absolute Gasteiger partial charge is 0.124 e. The van der Waals surface area contributed by atoms with Gasteiger partial charge in [0.25, 0.3) is 0 Å². The maximum absolute atomic E-state index is 10.5. The van der Waals surface area contributed by atoms with E-state index < -0.39 is 0 Å². The minimum atomic E-state index is 0.0785. The molecular formula is C14H20N2O. The minimum Gasteiger partial charge on any atom is -0.507 e. The Hall–Kier alpha value is -1.22. The average molecular weight is 232 g/mol. The summed E-state index contributed by atoms with van der Waals surface area (Å²) >= 11 is 0. The van der Waals surface area contributed by atoms with E-state index in [0.717, 1.165) is 43.4 Å². The first-order valence-electron chi connectivity index (χ1n) is 6.44. The van der Waals surface area contributed by atoms with Crippen molar-refractivity contribution in [2.75, 3.05) is 25.0 Å². The van der Waals surface area contributed by atoms with E-state index in [4.69, 9.17) is 5.73 Å². The Balaban J connectivity index is 2.09. The van der Waals surface area contributed by atoms with Gasteiger partial charge in [0.15, 0.2) is 0 Å². The van der Waals surface area contributed by atoms with Gasteiger partial charge in [-0.1, -0.05) is 6.07 Å². The lowest BCUT2D eigenvalue weighted by Gasteiger charge is -2.29. The molecule has 0 aromatic heterocycles. The summed E-state index contributed by atoms with van der Waals surface area (Å²) in [7, 11) is 2.09. The maximum atomic E-state index is 10.5. The van der Waals surface area contributed by atoms with Crippen LogP contribution in [0.2, 0.25) is 0 Å². The standard InChI is InChI=1S/C14H20N2O/c1-16-8-2-3-10-12(16)5-4-11(13(10)17)14(9-15)6-7-14/h4-5,17H,2-3,6-9,15H2,1H3. The molecule has 1 heterocycles. The average Bonchev–Trinajstić information content (AvgIpc) is 3.12. The van der Waals surface area contributed by atoms with Crippen molar-refractivity contribution < 1.29 is 5.11 Å². The minimum absolute atomic E-state index is 0.0785. The van der Waals surface area contributed by atoms with Gasteiger partial charge in [-0.25, -0.2) is 0 Å². The highest BCUT2D eigenvalue weighted by Gasteiger charge is 2.45. The van der Waals surface area contributed by atoms with E-state index in [1.54, 1.807) is 0 Å². The Kier molecular flexibility index (Phi) is 2.33. The largest absolute Gasteiger partial charge is 0.507 e. The van der Waals surface area contributed by atoms with Gasteiger partial charge in [0.05, 0.1) is 0 Å². The molecule has 17 heavy (non-hydrogen) atoms. The summed E-state index contributed by atoms with van der Waals surface area (Å²) in [5.41, 5.74) is 9.31. The molecule has 0 spiro atoms. The molecule has 92 valence electrons. The summed E-state index contributed by atoms with van der Waals surface area (Å²) in [6.07, 6.45) is 4.34. The van der Waals surface area contributed by atoms with Crippen LogP contribution in [0, 0.1) is 0 Å². The molecule has 1 aliphatic carbocycles. The van der Waals surface area contributed by atoms with E-state index >= 15 is 0 Å². The number of phenols is 1. The lowest BCUT2D eigenvalue weighted by molar-refractivity contribution is 0.449. The van der Waals surface area contributed by atoms with Gasteiger partial charge in [-0.2, -0.15) is 0 Å². The molecule has 2 aliphatic rings. The van der Waals surface area contributed by atoms with Crippen molar-refractivity contribution >= 4 is 5.69 Å². The molecule has 0 unspecified atom stereocenters. The van der Waals surface area contributed by atoms with Crippen LogP contribution in [0.5, 0.6) is 5.75 Å². The molecule has 3 nitrogen and oxygen atoms in total. The number of benzene rings is 1. The highest BCUT2D eigenvalue weighted by Crippen LogP contribution is 2.52. The van der Waals surface area contributed by atoms with Gasteiger partial charge in [0.1, 0.15) is 5.75 Å². The van der Waals surface area contributed by atoms with Gasteiger partial charge < -0.3 is 15.7 Å². The molecule has 0 saturated heterocycles. The number of anilines is 1. The fourth-order valence-corrected chi connectivity index (χ4v) is 3.01. The summed E-state index contributed by atoms with van der Waals surface area (Å²) in [5.74, 6) is 0.511. The van der Waals surface area contributed by atoms with E-state index in [2.05, 4.69) is 24.1 Å². The third kappa shape index (κ3) is 1.53. The van der Waals surface area contributed by atoms with Crippen LogP contribution < -0.4 is 10.6 Å². The molecule has 0 bridgehead atoms. The molecule has 3 rings (SSSR count). The second-order valence-corrected chi connectivity index (χ2v) is 5.47. The predicted octanol–water partition coefficient (Wildman–Crippen LogP) is 1.76. The van der Waals surface area contributed by atoms with Gasteiger partial charge in [0, 0.05) is 42.4 Å². The number of aromatic hydroxyl groups is 1. The summed E-state index contributed by atoms with van der Waals surface area (Å²) in [4.78, 5) is 2.23. The molecule has 0 atom stereocenters. The fourth-order valence-electron chi connectivity index (χ4n) is 3.01. The quantitative estimate of drug-likeness (QED) is 0.817. The van der Waals surface area contributed by atoms with Crippen molar-refractivity contribution in [2.24, 2.45) is 5.73 Å². The molecule has 1 aromatic rings. The Morgan fingerprint density at radius 1 is 1.41 bits per heavy atom. The number of hydrogen-bond donors (Lipinski definition) is 2. The molecule has 1 aliphatic heterocycles. The lowest BCUT2D eigenvalue weighted by Crippen LogP contribution is -2.26. The van der Waals surface area contributed by atoms with Crippen molar-refractivity contribution in [2.45, 2.75) is 31.1 Å². The van der Waals surface area contributed by atoms with Crippen molar-refractivity contribution in [3.8, 4) is 5.75 Å². The SMILES string of the molecule is CN1CCCc2c1ccc(C1(CN)CC1)c2O.